The zero-order valence-electron chi connectivity index (χ0n) is 10.3. The molecule has 0 aliphatic carbocycles. The van der Waals surface area contributed by atoms with Crippen molar-refractivity contribution in [3.8, 4) is 0 Å². The summed E-state index contributed by atoms with van der Waals surface area (Å²) in [6.45, 7) is 11.3. The smallest absolute Gasteiger partial charge is 0.0703 e. The lowest BCUT2D eigenvalue weighted by atomic mass is 10.0. The summed E-state index contributed by atoms with van der Waals surface area (Å²) in [5, 5.41) is 3.61. The van der Waals surface area contributed by atoms with Gasteiger partial charge in [0.2, 0.25) is 0 Å². The van der Waals surface area contributed by atoms with Gasteiger partial charge in [-0.25, -0.2) is 0 Å². The van der Waals surface area contributed by atoms with E-state index in [4.69, 9.17) is 4.74 Å². The summed E-state index contributed by atoms with van der Waals surface area (Å²) >= 11 is 0. The van der Waals surface area contributed by atoms with Crippen LogP contribution in [0.3, 0.4) is 0 Å². The first-order valence-electron chi connectivity index (χ1n) is 6.19. The number of hydrogen-bond donors (Lipinski definition) is 1. The van der Waals surface area contributed by atoms with Crippen LogP contribution in [0.15, 0.2) is 0 Å². The predicted molar refractivity (Wildman–Crippen MR) is 62.1 cm³/mol. The summed E-state index contributed by atoms with van der Waals surface area (Å²) < 4.78 is 5.67. The quantitative estimate of drug-likeness (QED) is 0.708. The third-order valence-electron chi connectivity index (χ3n) is 3.63. The lowest BCUT2D eigenvalue weighted by molar-refractivity contribution is 0.0683. The summed E-state index contributed by atoms with van der Waals surface area (Å²) in [5.74, 6) is 0. The van der Waals surface area contributed by atoms with Gasteiger partial charge in [-0.15, -0.1) is 0 Å². The van der Waals surface area contributed by atoms with Gasteiger partial charge in [0, 0.05) is 24.7 Å². The monoisotopic (exact) mass is 212 g/mol. The molecule has 0 spiro atoms. The fourth-order valence-electron chi connectivity index (χ4n) is 2.83. The molecule has 2 unspecified atom stereocenters. The van der Waals surface area contributed by atoms with E-state index in [-0.39, 0.29) is 5.54 Å². The second kappa shape index (κ2) is 4.40. The molecule has 0 radical (unpaired) electrons. The van der Waals surface area contributed by atoms with Gasteiger partial charge in [-0.05, 0) is 46.7 Å². The highest BCUT2D eigenvalue weighted by molar-refractivity contribution is 4.91. The molecule has 2 aliphatic rings. The van der Waals surface area contributed by atoms with Crippen LogP contribution < -0.4 is 5.32 Å². The Balaban J connectivity index is 2.00. The van der Waals surface area contributed by atoms with Gasteiger partial charge in [-0.1, -0.05) is 0 Å². The SMILES string of the molecule is CC1OCCC1N1CCCNC(C)(C)C1. The van der Waals surface area contributed by atoms with Crippen molar-refractivity contribution in [1.82, 2.24) is 10.2 Å². The van der Waals surface area contributed by atoms with Crippen LogP contribution >= 0.6 is 0 Å². The van der Waals surface area contributed by atoms with Crippen molar-refractivity contribution >= 4 is 0 Å². The van der Waals surface area contributed by atoms with Crippen molar-refractivity contribution in [3.63, 3.8) is 0 Å². The van der Waals surface area contributed by atoms with Crippen LogP contribution in [0.2, 0.25) is 0 Å². The molecule has 0 amide bonds. The molecule has 2 saturated heterocycles. The van der Waals surface area contributed by atoms with Crippen LogP contribution in [0.5, 0.6) is 0 Å². The van der Waals surface area contributed by atoms with E-state index in [0.717, 1.165) is 19.7 Å². The van der Waals surface area contributed by atoms with Crippen molar-refractivity contribution in [3.05, 3.63) is 0 Å². The zero-order valence-corrected chi connectivity index (χ0v) is 10.3. The Hall–Kier alpha value is -0.120. The summed E-state index contributed by atoms with van der Waals surface area (Å²) in [7, 11) is 0. The van der Waals surface area contributed by atoms with Crippen molar-refractivity contribution in [2.24, 2.45) is 0 Å². The van der Waals surface area contributed by atoms with E-state index in [9.17, 15) is 0 Å². The normalized spacial score (nSPS) is 37.8. The molecule has 2 rings (SSSR count). The van der Waals surface area contributed by atoms with E-state index in [1.54, 1.807) is 0 Å². The molecule has 3 heteroatoms. The largest absolute Gasteiger partial charge is 0.377 e. The zero-order chi connectivity index (χ0) is 10.9. The molecule has 2 fully saturated rings. The number of hydrogen-bond acceptors (Lipinski definition) is 3. The van der Waals surface area contributed by atoms with Crippen molar-refractivity contribution in [2.45, 2.75) is 51.3 Å². The van der Waals surface area contributed by atoms with Gasteiger partial charge in [0.25, 0.3) is 0 Å². The maximum Gasteiger partial charge on any atom is 0.0703 e. The molecule has 2 aliphatic heterocycles. The van der Waals surface area contributed by atoms with Gasteiger partial charge in [-0.3, -0.25) is 4.90 Å². The highest BCUT2D eigenvalue weighted by Gasteiger charge is 2.34. The third kappa shape index (κ3) is 2.71. The average Bonchev–Trinajstić information content (AvgIpc) is 2.48. The predicted octanol–water partition coefficient (Wildman–Crippen LogP) is 1.24. The van der Waals surface area contributed by atoms with Crippen LogP contribution in [0, 0.1) is 0 Å². The summed E-state index contributed by atoms with van der Waals surface area (Å²) in [5.41, 5.74) is 0.249. The number of rotatable bonds is 1. The Labute approximate surface area is 93.2 Å². The van der Waals surface area contributed by atoms with Gasteiger partial charge in [-0.2, -0.15) is 0 Å². The standard InChI is InChI=1S/C12H24N2O/c1-10-11(5-8-15-10)14-7-4-6-13-12(2,3)9-14/h10-11,13H,4-9H2,1-3H3. The molecule has 0 aromatic heterocycles. The molecule has 88 valence electrons. The second-order valence-electron chi connectivity index (χ2n) is 5.57. The molecule has 0 saturated carbocycles. The Morgan fingerprint density at radius 2 is 2.20 bits per heavy atom. The fourth-order valence-corrected chi connectivity index (χ4v) is 2.83. The second-order valence-corrected chi connectivity index (χ2v) is 5.57. The molecule has 2 atom stereocenters. The molecule has 0 aromatic carbocycles. The topological polar surface area (TPSA) is 24.5 Å². The molecule has 0 bridgehead atoms. The van der Waals surface area contributed by atoms with Gasteiger partial charge in [0.05, 0.1) is 6.10 Å². The van der Waals surface area contributed by atoms with Crippen molar-refractivity contribution in [2.75, 3.05) is 26.2 Å². The first-order chi connectivity index (χ1) is 7.08. The van der Waals surface area contributed by atoms with E-state index in [0.29, 0.717) is 12.1 Å². The Kier molecular flexibility index (Phi) is 3.33. The van der Waals surface area contributed by atoms with Gasteiger partial charge < -0.3 is 10.1 Å². The summed E-state index contributed by atoms with van der Waals surface area (Å²) in [6.07, 6.45) is 2.88. The van der Waals surface area contributed by atoms with Gasteiger partial charge in [0.15, 0.2) is 0 Å². The first kappa shape index (κ1) is 11.4. The summed E-state index contributed by atoms with van der Waals surface area (Å²) in [6, 6.07) is 0.643. The Bertz CT molecular complexity index is 218. The van der Waals surface area contributed by atoms with Crippen LogP contribution in [-0.4, -0.2) is 48.8 Å². The molecular weight excluding hydrogens is 188 g/mol. The van der Waals surface area contributed by atoms with Crippen LogP contribution in [0.25, 0.3) is 0 Å². The maximum atomic E-state index is 5.67. The number of nitrogens with zero attached hydrogens (tertiary/aromatic N) is 1. The third-order valence-corrected chi connectivity index (χ3v) is 3.63. The van der Waals surface area contributed by atoms with E-state index in [2.05, 4.69) is 31.0 Å². The maximum absolute atomic E-state index is 5.67. The van der Waals surface area contributed by atoms with Crippen LogP contribution in [0.1, 0.15) is 33.6 Å². The minimum atomic E-state index is 0.249. The van der Waals surface area contributed by atoms with E-state index < -0.39 is 0 Å². The highest BCUT2D eigenvalue weighted by atomic mass is 16.5. The van der Waals surface area contributed by atoms with Crippen molar-refractivity contribution < 1.29 is 4.74 Å². The fraction of sp³-hybridized carbons (Fsp3) is 1.00. The Morgan fingerprint density at radius 3 is 2.87 bits per heavy atom. The van der Waals surface area contributed by atoms with Crippen LogP contribution in [-0.2, 0) is 4.74 Å². The molecule has 3 nitrogen and oxygen atoms in total. The highest BCUT2D eigenvalue weighted by Crippen LogP contribution is 2.22. The molecule has 2 heterocycles. The number of nitrogens with one attached hydrogen (secondary N) is 1. The van der Waals surface area contributed by atoms with Gasteiger partial charge in [0.1, 0.15) is 0 Å². The van der Waals surface area contributed by atoms with Gasteiger partial charge >= 0.3 is 0 Å². The van der Waals surface area contributed by atoms with E-state index >= 15 is 0 Å². The first-order valence-corrected chi connectivity index (χ1v) is 6.19. The van der Waals surface area contributed by atoms with E-state index in [1.807, 2.05) is 0 Å². The lowest BCUT2D eigenvalue weighted by Crippen LogP contribution is -2.50. The summed E-state index contributed by atoms with van der Waals surface area (Å²) in [4.78, 5) is 2.62. The van der Waals surface area contributed by atoms with Crippen LogP contribution in [0.4, 0.5) is 0 Å². The van der Waals surface area contributed by atoms with Crippen molar-refractivity contribution in [1.29, 1.82) is 0 Å². The molecular formula is C12H24N2O. The Morgan fingerprint density at radius 1 is 1.40 bits per heavy atom. The molecule has 15 heavy (non-hydrogen) atoms. The average molecular weight is 212 g/mol. The lowest BCUT2D eigenvalue weighted by Gasteiger charge is -2.35. The minimum Gasteiger partial charge on any atom is -0.377 e. The molecule has 1 N–H and O–H groups in total. The minimum absolute atomic E-state index is 0.249. The number of ether oxygens (including phenoxy) is 1. The van der Waals surface area contributed by atoms with E-state index in [1.165, 1.54) is 19.4 Å². The molecule has 0 aromatic rings.